The first-order valence-corrected chi connectivity index (χ1v) is 9.22. The third kappa shape index (κ3) is 5.11. The van der Waals surface area contributed by atoms with E-state index in [4.69, 9.17) is 10.5 Å². The Morgan fingerprint density at radius 3 is 2.37 bits per heavy atom. The van der Waals surface area contributed by atoms with Gasteiger partial charge < -0.3 is 15.8 Å². The molecule has 0 unspecified atom stereocenters. The van der Waals surface area contributed by atoms with Crippen molar-refractivity contribution < 1.29 is 22.7 Å². The second-order valence-electron chi connectivity index (χ2n) is 6.61. The highest BCUT2D eigenvalue weighted by atomic mass is 19.4. The second kappa shape index (κ2) is 8.89. The summed E-state index contributed by atoms with van der Waals surface area (Å²) in [6, 6.07) is 14.3. The zero-order valence-electron chi connectivity index (χ0n) is 16.2. The number of methoxy groups -OCH3 is 1. The van der Waals surface area contributed by atoms with Crippen molar-refractivity contribution in [1.29, 1.82) is 0 Å². The smallest absolute Gasteiger partial charge is 0.435 e. The lowest BCUT2D eigenvalue weighted by Gasteiger charge is -2.09. The molecular formula is C21H21F3N4O2. The first-order chi connectivity index (χ1) is 14.3. The van der Waals surface area contributed by atoms with Crippen LogP contribution in [0.5, 0.6) is 5.75 Å². The van der Waals surface area contributed by atoms with Crippen molar-refractivity contribution in [3.63, 3.8) is 0 Å². The molecular weight excluding hydrogens is 397 g/mol. The van der Waals surface area contributed by atoms with Gasteiger partial charge in [-0.2, -0.15) is 18.3 Å². The molecule has 0 saturated heterocycles. The van der Waals surface area contributed by atoms with Crippen molar-refractivity contribution in [2.45, 2.75) is 19.0 Å². The van der Waals surface area contributed by atoms with Gasteiger partial charge in [0.05, 0.1) is 18.5 Å². The molecule has 3 N–H and O–H groups in total. The number of ether oxygens (including phenoxy) is 1. The maximum absolute atomic E-state index is 13.3. The molecule has 158 valence electrons. The van der Waals surface area contributed by atoms with Crippen molar-refractivity contribution >= 4 is 6.03 Å². The van der Waals surface area contributed by atoms with Crippen LogP contribution in [0.25, 0.3) is 16.9 Å². The van der Waals surface area contributed by atoms with Crippen molar-refractivity contribution in [2.75, 3.05) is 13.7 Å². The average molecular weight is 418 g/mol. The fourth-order valence-corrected chi connectivity index (χ4v) is 2.99. The van der Waals surface area contributed by atoms with Gasteiger partial charge >= 0.3 is 12.2 Å². The number of carbonyl (C=O) groups is 1. The molecule has 2 amide bonds. The Morgan fingerprint density at radius 2 is 1.80 bits per heavy atom. The van der Waals surface area contributed by atoms with E-state index in [0.717, 1.165) is 11.6 Å². The van der Waals surface area contributed by atoms with E-state index in [1.165, 1.54) is 11.8 Å². The van der Waals surface area contributed by atoms with Crippen molar-refractivity contribution in [2.24, 2.45) is 5.73 Å². The van der Waals surface area contributed by atoms with Crippen LogP contribution in [0, 0.1) is 0 Å². The number of benzene rings is 2. The number of aromatic nitrogens is 2. The van der Waals surface area contributed by atoms with Crippen molar-refractivity contribution in [3.8, 4) is 22.7 Å². The number of aryl methyl sites for hydroxylation is 1. The molecule has 0 fully saturated rings. The molecule has 0 atom stereocenters. The molecule has 3 aromatic rings. The van der Waals surface area contributed by atoms with E-state index >= 15 is 0 Å². The van der Waals surface area contributed by atoms with Crippen LogP contribution in [0.1, 0.15) is 17.7 Å². The Bertz CT molecular complexity index is 997. The fourth-order valence-electron chi connectivity index (χ4n) is 2.99. The zero-order valence-corrected chi connectivity index (χ0v) is 16.2. The zero-order chi connectivity index (χ0) is 21.7. The van der Waals surface area contributed by atoms with Gasteiger partial charge in [-0.1, -0.05) is 24.3 Å². The molecule has 6 nitrogen and oxygen atoms in total. The molecule has 0 aliphatic rings. The molecule has 30 heavy (non-hydrogen) atoms. The standard InChI is InChI=1S/C21H21F3N4O2/c1-30-17-10-8-16(9-11-17)28-18(13-19(27-28)21(22,23)24)15-6-4-14(5-7-15)3-2-12-26-20(25)29/h4-11,13H,2-3,12H2,1H3,(H3,25,26,29). The monoisotopic (exact) mass is 418 g/mol. The van der Waals surface area contributed by atoms with E-state index in [1.807, 2.05) is 12.1 Å². The molecule has 0 radical (unpaired) electrons. The molecule has 1 heterocycles. The third-order valence-corrected chi connectivity index (χ3v) is 4.51. The van der Waals surface area contributed by atoms with Crippen LogP contribution in [-0.2, 0) is 12.6 Å². The van der Waals surface area contributed by atoms with E-state index in [-0.39, 0.29) is 0 Å². The number of hydrogen-bond acceptors (Lipinski definition) is 3. The van der Waals surface area contributed by atoms with E-state index in [1.54, 1.807) is 36.4 Å². The number of primary amides is 1. The summed E-state index contributed by atoms with van der Waals surface area (Å²) in [5, 5.41) is 6.30. The highest BCUT2D eigenvalue weighted by Crippen LogP contribution is 2.33. The van der Waals surface area contributed by atoms with Gasteiger partial charge in [-0.15, -0.1) is 0 Å². The summed E-state index contributed by atoms with van der Waals surface area (Å²) in [7, 11) is 1.52. The van der Waals surface area contributed by atoms with Crippen LogP contribution < -0.4 is 15.8 Å². The molecule has 0 aliphatic heterocycles. The van der Waals surface area contributed by atoms with E-state index in [0.29, 0.717) is 42.1 Å². The highest BCUT2D eigenvalue weighted by molar-refractivity contribution is 5.71. The predicted molar refractivity (Wildman–Crippen MR) is 106 cm³/mol. The van der Waals surface area contributed by atoms with E-state index in [9.17, 15) is 18.0 Å². The molecule has 0 aliphatic carbocycles. The van der Waals surface area contributed by atoms with Crippen LogP contribution >= 0.6 is 0 Å². The highest BCUT2D eigenvalue weighted by Gasteiger charge is 2.35. The number of halogens is 3. The van der Waals surface area contributed by atoms with Crippen LogP contribution in [0.3, 0.4) is 0 Å². The Labute approximate surface area is 171 Å². The largest absolute Gasteiger partial charge is 0.497 e. The number of carbonyl (C=O) groups excluding carboxylic acids is 1. The number of rotatable bonds is 7. The van der Waals surface area contributed by atoms with Gasteiger partial charge in [0.1, 0.15) is 5.75 Å². The number of nitrogens with one attached hydrogen (secondary N) is 1. The first kappa shape index (κ1) is 21.2. The SMILES string of the molecule is COc1ccc(-n2nc(C(F)(F)F)cc2-c2ccc(CCCNC(N)=O)cc2)cc1. The van der Waals surface area contributed by atoms with Gasteiger partial charge in [0.15, 0.2) is 5.69 Å². The van der Waals surface area contributed by atoms with Crippen LogP contribution in [-0.4, -0.2) is 29.5 Å². The number of hydrogen-bond donors (Lipinski definition) is 2. The normalized spacial score (nSPS) is 11.3. The van der Waals surface area contributed by atoms with Gasteiger partial charge in [-0.25, -0.2) is 9.48 Å². The Kier molecular flexibility index (Phi) is 6.29. The summed E-state index contributed by atoms with van der Waals surface area (Å²) in [4.78, 5) is 10.7. The summed E-state index contributed by atoms with van der Waals surface area (Å²) in [6.45, 7) is 0.455. The summed E-state index contributed by atoms with van der Waals surface area (Å²) < 4.78 is 46.2. The predicted octanol–water partition coefficient (Wildman–Crippen LogP) is 4.17. The summed E-state index contributed by atoms with van der Waals surface area (Å²) in [5.41, 5.74) is 6.48. The van der Waals surface area contributed by atoms with Gasteiger partial charge in [0, 0.05) is 12.1 Å². The minimum Gasteiger partial charge on any atom is -0.497 e. The second-order valence-corrected chi connectivity index (χ2v) is 6.61. The van der Waals surface area contributed by atoms with Crippen LogP contribution in [0.15, 0.2) is 54.6 Å². The summed E-state index contributed by atoms with van der Waals surface area (Å²) >= 11 is 0. The van der Waals surface area contributed by atoms with Crippen molar-refractivity contribution in [3.05, 3.63) is 65.9 Å². The maximum atomic E-state index is 13.3. The Hall–Kier alpha value is -3.49. The first-order valence-electron chi connectivity index (χ1n) is 9.22. The van der Waals surface area contributed by atoms with Gasteiger partial charge in [-0.3, -0.25) is 0 Å². The Morgan fingerprint density at radius 1 is 1.13 bits per heavy atom. The number of nitrogens with two attached hydrogens (primary N) is 1. The number of alkyl halides is 3. The van der Waals surface area contributed by atoms with Crippen LogP contribution in [0.2, 0.25) is 0 Å². The number of urea groups is 1. The molecule has 0 spiro atoms. The lowest BCUT2D eigenvalue weighted by Crippen LogP contribution is -2.30. The third-order valence-electron chi connectivity index (χ3n) is 4.51. The van der Waals surface area contributed by atoms with Gasteiger partial charge in [0.25, 0.3) is 0 Å². The van der Waals surface area contributed by atoms with Crippen molar-refractivity contribution in [1.82, 2.24) is 15.1 Å². The Balaban J connectivity index is 1.88. The lowest BCUT2D eigenvalue weighted by atomic mass is 10.1. The minimum atomic E-state index is -4.56. The summed E-state index contributed by atoms with van der Waals surface area (Å²) in [6.07, 6.45) is -3.16. The lowest BCUT2D eigenvalue weighted by molar-refractivity contribution is -0.141. The van der Waals surface area contributed by atoms with Gasteiger partial charge in [0.2, 0.25) is 0 Å². The van der Waals surface area contributed by atoms with Gasteiger partial charge in [-0.05, 0) is 48.7 Å². The maximum Gasteiger partial charge on any atom is 0.435 e. The molecule has 0 bridgehead atoms. The quantitative estimate of drug-likeness (QED) is 0.565. The molecule has 0 saturated carbocycles. The molecule has 1 aromatic heterocycles. The topological polar surface area (TPSA) is 82.2 Å². The minimum absolute atomic E-state index is 0.328. The number of nitrogens with zero attached hydrogens (tertiary/aromatic N) is 2. The fraction of sp³-hybridized carbons (Fsp3) is 0.238. The molecule has 9 heteroatoms. The number of amides is 2. The summed E-state index contributed by atoms with van der Waals surface area (Å²) in [5.74, 6) is 0.596. The van der Waals surface area contributed by atoms with Crippen LogP contribution in [0.4, 0.5) is 18.0 Å². The van der Waals surface area contributed by atoms with E-state index in [2.05, 4.69) is 10.4 Å². The average Bonchev–Trinajstić information content (AvgIpc) is 3.17. The van der Waals surface area contributed by atoms with E-state index < -0.39 is 17.9 Å². The molecule has 2 aromatic carbocycles. The molecule has 3 rings (SSSR count).